The summed E-state index contributed by atoms with van der Waals surface area (Å²) in [7, 11) is 0. The Morgan fingerprint density at radius 3 is 2.57 bits per heavy atom. The lowest BCUT2D eigenvalue weighted by atomic mass is 10.2. The van der Waals surface area contributed by atoms with Crippen molar-refractivity contribution in [3.63, 3.8) is 0 Å². The summed E-state index contributed by atoms with van der Waals surface area (Å²) < 4.78 is 0.900. The smallest absolute Gasteiger partial charge is 0.134 e. The SMILES string of the molecule is CCN(CC)c1ncc(Br)cc1CO. The Bertz CT molecular complexity index is 300. The molecule has 0 saturated carbocycles. The van der Waals surface area contributed by atoms with Crippen LogP contribution in [-0.4, -0.2) is 23.2 Å². The van der Waals surface area contributed by atoms with E-state index in [1.54, 1.807) is 6.20 Å². The molecule has 0 unspecified atom stereocenters. The zero-order valence-corrected chi connectivity index (χ0v) is 10.1. The molecule has 4 heteroatoms. The van der Waals surface area contributed by atoms with E-state index in [1.807, 2.05) is 6.07 Å². The summed E-state index contributed by atoms with van der Waals surface area (Å²) >= 11 is 3.34. The Kier molecular flexibility index (Phi) is 4.35. The topological polar surface area (TPSA) is 36.4 Å². The number of rotatable bonds is 4. The van der Waals surface area contributed by atoms with Crippen LogP contribution in [0.25, 0.3) is 0 Å². The van der Waals surface area contributed by atoms with E-state index >= 15 is 0 Å². The average Bonchev–Trinajstić information content (AvgIpc) is 2.21. The van der Waals surface area contributed by atoms with Gasteiger partial charge in [0.1, 0.15) is 5.82 Å². The first-order chi connectivity index (χ1) is 6.72. The number of anilines is 1. The van der Waals surface area contributed by atoms with Gasteiger partial charge in [-0.25, -0.2) is 4.98 Å². The number of hydrogen-bond acceptors (Lipinski definition) is 3. The summed E-state index contributed by atoms with van der Waals surface area (Å²) in [6, 6.07) is 1.90. The van der Waals surface area contributed by atoms with E-state index in [2.05, 4.69) is 39.7 Å². The van der Waals surface area contributed by atoms with E-state index in [0.29, 0.717) is 0 Å². The van der Waals surface area contributed by atoms with Gasteiger partial charge in [-0.05, 0) is 35.8 Å². The fraction of sp³-hybridized carbons (Fsp3) is 0.500. The first-order valence-corrected chi connectivity index (χ1v) is 5.52. The van der Waals surface area contributed by atoms with Gasteiger partial charge in [0.25, 0.3) is 0 Å². The summed E-state index contributed by atoms with van der Waals surface area (Å²) in [5.41, 5.74) is 0.864. The van der Waals surface area contributed by atoms with Crippen LogP contribution >= 0.6 is 15.9 Å². The Balaban J connectivity index is 3.06. The second-order valence-corrected chi connectivity index (χ2v) is 3.88. The maximum absolute atomic E-state index is 9.20. The van der Waals surface area contributed by atoms with Crippen LogP contribution in [-0.2, 0) is 6.61 Å². The number of hydrogen-bond donors (Lipinski definition) is 1. The molecule has 0 spiro atoms. The Morgan fingerprint density at radius 1 is 1.43 bits per heavy atom. The maximum Gasteiger partial charge on any atom is 0.134 e. The molecule has 1 heterocycles. The van der Waals surface area contributed by atoms with Gasteiger partial charge in [-0.1, -0.05) is 0 Å². The van der Waals surface area contributed by atoms with Crippen LogP contribution in [0.2, 0.25) is 0 Å². The van der Waals surface area contributed by atoms with Gasteiger partial charge in [-0.2, -0.15) is 0 Å². The number of aliphatic hydroxyl groups excluding tert-OH is 1. The molecule has 0 aliphatic heterocycles. The van der Waals surface area contributed by atoms with Crippen molar-refractivity contribution < 1.29 is 5.11 Å². The van der Waals surface area contributed by atoms with Gasteiger partial charge in [0, 0.05) is 29.3 Å². The van der Waals surface area contributed by atoms with E-state index in [0.717, 1.165) is 28.9 Å². The molecule has 1 N–H and O–H groups in total. The minimum absolute atomic E-state index is 0.0261. The third-order valence-corrected chi connectivity index (χ3v) is 2.58. The number of aromatic nitrogens is 1. The highest BCUT2D eigenvalue weighted by molar-refractivity contribution is 9.10. The Labute approximate surface area is 92.9 Å². The zero-order chi connectivity index (χ0) is 10.6. The van der Waals surface area contributed by atoms with Gasteiger partial charge in [0.2, 0.25) is 0 Å². The van der Waals surface area contributed by atoms with Crippen LogP contribution in [0.5, 0.6) is 0 Å². The molecular formula is C10H15BrN2O. The molecule has 0 amide bonds. The van der Waals surface area contributed by atoms with Gasteiger partial charge in [0.05, 0.1) is 6.61 Å². The molecular weight excluding hydrogens is 244 g/mol. The predicted octanol–water partition coefficient (Wildman–Crippen LogP) is 2.18. The fourth-order valence-corrected chi connectivity index (χ4v) is 1.78. The van der Waals surface area contributed by atoms with Crippen LogP contribution in [0.4, 0.5) is 5.82 Å². The monoisotopic (exact) mass is 258 g/mol. The van der Waals surface area contributed by atoms with Crippen molar-refractivity contribution in [3.8, 4) is 0 Å². The highest BCUT2D eigenvalue weighted by Gasteiger charge is 2.09. The van der Waals surface area contributed by atoms with Crippen molar-refractivity contribution in [1.82, 2.24) is 4.98 Å². The van der Waals surface area contributed by atoms with Crippen molar-refractivity contribution in [2.45, 2.75) is 20.5 Å². The first kappa shape index (κ1) is 11.5. The van der Waals surface area contributed by atoms with Crippen molar-refractivity contribution in [1.29, 1.82) is 0 Å². The number of nitrogens with zero attached hydrogens (tertiary/aromatic N) is 2. The van der Waals surface area contributed by atoms with Crippen LogP contribution in [0.3, 0.4) is 0 Å². The van der Waals surface area contributed by atoms with Crippen LogP contribution in [0.15, 0.2) is 16.7 Å². The van der Waals surface area contributed by atoms with Crippen molar-refractivity contribution in [2.75, 3.05) is 18.0 Å². The van der Waals surface area contributed by atoms with E-state index in [9.17, 15) is 5.11 Å². The lowest BCUT2D eigenvalue weighted by Crippen LogP contribution is -2.24. The van der Waals surface area contributed by atoms with Crippen LogP contribution in [0, 0.1) is 0 Å². The van der Waals surface area contributed by atoms with Crippen LogP contribution < -0.4 is 4.90 Å². The molecule has 78 valence electrons. The second-order valence-electron chi connectivity index (χ2n) is 2.97. The summed E-state index contributed by atoms with van der Waals surface area (Å²) in [5.74, 6) is 0.876. The second kappa shape index (κ2) is 5.32. The number of halogens is 1. The quantitative estimate of drug-likeness (QED) is 0.900. The maximum atomic E-state index is 9.20. The predicted molar refractivity (Wildman–Crippen MR) is 61.4 cm³/mol. The molecule has 0 aromatic carbocycles. The molecule has 14 heavy (non-hydrogen) atoms. The Morgan fingerprint density at radius 2 is 2.07 bits per heavy atom. The highest BCUT2D eigenvalue weighted by atomic mass is 79.9. The largest absolute Gasteiger partial charge is 0.392 e. The third-order valence-electron chi connectivity index (χ3n) is 2.14. The molecule has 1 rings (SSSR count). The summed E-state index contributed by atoms with van der Waals surface area (Å²) in [6.07, 6.45) is 1.76. The zero-order valence-electron chi connectivity index (χ0n) is 8.50. The fourth-order valence-electron chi connectivity index (χ4n) is 1.40. The van der Waals surface area contributed by atoms with Crippen molar-refractivity contribution in [2.24, 2.45) is 0 Å². The molecule has 3 nitrogen and oxygen atoms in total. The van der Waals surface area contributed by atoms with Gasteiger partial charge in [0.15, 0.2) is 0 Å². The molecule has 1 aromatic heterocycles. The van der Waals surface area contributed by atoms with E-state index in [-0.39, 0.29) is 6.61 Å². The first-order valence-electron chi connectivity index (χ1n) is 4.73. The summed E-state index contributed by atoms with van der Waals surface area (Å²) in [5, 5.41) is 9.20. The molecule has 0 aliphatic rings. The standard InChI is InChI=1S/C10H15BrN2O/c1-3-13(4-2)10-8(7-14)5-9(11)6-12-10/h5-6,14H,3-4,7H2,1-2H3. The normalized spacial score (nSPS) is 10.3. The van der Waals surface area contributed by atoms with Gasteiger partial charge < -0.3 is 10.0 Å². The summed E-state index contributed by atoms with van der Waals surface area (Å²) in [6.45, 7) is 5.98. The average molecular weight is 259 g/mol. The number of pyridine rings is 1. The highest BCUT2D eigenvalue weighted by Crippen LogP contribution is 2.21. The van der Waals surface area contributed by atoms with E-state index in [4.69, 9.17) is 0 Å². The molecule has 0 bridgehead atoms. The van der Waals surface area contributed by atoms with E-state index < -0.39 is 0 Å². The van der Waals surface area contributed by atoms with Crippen molar-refractivity contribution >= 4 is 21.7 Å². The molecule has 0 atom stereocenters. The minimum Gasteiger partial charge on any atom is -0.392 e. The van der Waals surface area contributed by atoms with Gasteiger partial charge >= 0.3 is 0 Å². The molecule has 1 aromatic rings. The summed E-state index contributed by atoms with van der Waals surface area (Å²) in [4.78, 5) is 6.43. The molecule has 0 fully saturated rings. The van der Waals surface area contributed by atoms with Gasteiger partial charge in [-0.15, -0.1) is 0 Å². The minimum atomic E-state index is 0.0261. The van der Waals surface area contributed by atoms with E-state index in [1.165, 1.54) is 0 Å². The lowest BCUT2D eigenvalue weighted by Gasteiger charge is -2.22. The lowest BCUT2D eigenvalue weighted by molar-refractivity contribution is 0.281. The molecule has 0 radical (unpaired) electrons. The number of aliphatic hydroxyl groups is 1. The Hall–Kier alpha value is -0.610. The third kappa shape index (κ3) is 2.45. The van der Waals surface area contributed by atoms with Gasteiger partial charge in [-0.3, -0.25) is 0 Å². The molecule has 0 saturated heterocycles. The van der Waals surface area contributed by atoms with Crippen molar-refractivity contribution in [3.05, 3.63) is 22.3 Å². The van der Waals surface area contributed by atoms with Crippen LogP contribution in [0.1, 0.15) is 19.4 Å². The molecule has 0 aliphatic carbocycles.